The summed E-state index contributed by atoms with van der Waals surface area (Å²) < 4.78 is 26.9. The van der Waals surface area contributed by atoms with Gasteiger partial charge in [-0.25, -0.2) is 12.7 Å². The summed E-state index contributed by atoms with van der Waals surface area (Å²) in [5.41, 5.74) is 6.94. The maximum Gasteiger partial charge on any atom is 0.244 e. The largest absolute Gasteiger partial charge is 0.399 e. The van der Waals surface area contributed by atoms with Crippen LogP contribution in [0.2, 0.25) is 0 Å². The zero-order chi connectivity index (χ0) is 15.5. The van der Waals surface area contributed by atoms with E-state index < -0.39 is 10.0 Å². The molecule has 7 heteroatoms. The lowest BCUT2D eigenvalue weighted by Gasteiger charge is -2.18. The predicted octanol–water partition coefficient (Wildman–Crippen LogP) is 2.29. The van der Waals surface area contributed by atoms with E-state index in [2.05, 4.69) is 20.9 Å². The normalized spacial score (nSPS) is 11.8. The number of aromatic nitrogens is 1. The highest BCUT2D eigenvalue weighted by Crippen LogP contribution is 2.26. The van der Waals surface area contributed by atoms with E-state index in [4.69, 9.17) is 5.73 Å². The van der Waals surface area contributed by atoms with E-state index in [-0.39, 0.29) is 4.90 Å². The number of anilines is 1. The number of rotatable bonds is 5. The second-order valence-corrected chi connectivity index (χ2v) is 7.46. The molecule has 0 aliphatic rings. The number of hydrogen-bond acceptors (Lipinski definition) is 4. The molecule has 0 fully saturated rings. The van der Waals surface area contributed by atoms with Crippen molar-refractivity contribution < 1.29 is 8.42 Å². The topological polar surface area (TPSA) is 76.3 Å². The molecule has 2 N–H and O–H groups in total. The molecule has 2 rings (SSSR count). The Morgan fingerprint density at radius 2 is 2.05 bits per heavy atom. The molecule has 5 nitrogen and oxygen atoms in total. The quantitative estimate of drug-likeness (QED) is 0.820. The number of pyridine rings is 1. The second-order valence-electron chi connectivity index (χ2n) is 4.59. The molecule has 21 heavy (non-hydrogen) atoms. The first-order chi connectivity index (χ1) is 9.91. The third-order valence-corrected chi connectivity index (χ3v) is 5.90. The molecule has 0 bridgehead atoms. The Balaban J connectivity index is 2.17. The summed E-state index contributed by atoms with van der Waals surface area (Å²) in [6, 6.07) is 10.3. The van der Waals surface area contributed by atoms with Crippen LogP contribution in [-0.2, 0) is 16.4 Å². The van der Waals surface area contributed by atoms with Gasteiger partial charge in [0.2, 0.25) is 10.0 Å². The molecule has 0 saturated carbocycles. The minimum absolute atomic E-state index is 0.172. The molecule has 1 aromatic carbocycles. The standard InChI is InChI=1S/C14H16BrN3O2S/c1-18(9-7-12-4-2-3-8-17-12)21(19,20)14-10-11(16)5-6-13(14)15/h2-6,8,10H,7,9,16H2,1H3. The Hall–Kier alpha value is -1.44. The summed E-state index contributed by atoms with van der Waals surface area (Å²) in [5, 5.41) is 0. The lowest BCUT2D eigenvalue weighted by atomic mass is 10.3. The number of nitrogens with zero attached hydrogens (tertiary/aromatic N) is 2. The summed E-state index contributed by atoms with van der Waals surface area (Å²) >= 11 is 3.26. The highest BCUT2D eigenvalue weighted by Gasteiger charge is 2.23. The van der Waals surface area contributed by atoms with Gasteiger partial charge in [0.15, 0.2) is 0 Å². The highest BCUT2D eigenvalue weighted by atomic mass is 79.9. The maximum atomic E-state index is 12.5. The predicted molar refractivity (Wildman–Crippen MR) is 86.3 cm³/mol. The van der Waals surface area contributed by atoms with Crippen LogP contribution in [0, 0.1) is 0 Å². The summed E-state index contributed by atoms with van der Waals surface area (Å²) in [6.45, 7) is 0.348. The van der Waals surface area contributed by atoms with Gasteiger partial charge in [0, 0.05) is 42.1 Å². The van der Waals surface area contributed by atoms with Crippen LogP contribution in [0.25, 0.3) is 0 Å². The number of sulfonamides is 1. The van der Waals surface area contributed by atoms with Gasteiger partial charge in [-0.3, -0.25) is 4.98 Å². The molecule has 112 valence electrons. The van der Waals surface area contributed by atoms with Gasteiger partial charge in [-0.2, -0.15) is 0 Å². The van der Waals surface area contributed by atoms with Crippen molar-refractivity contribution in [3.63, 3.8) is 0 Å². The molecule has 0 atom stereocenters. The molecule has 1 aromatic heterocycles. The summed E-state index contributed by atoms with van der Waals surface area (Å²) in [5.74, 6) is 0. The Labute approximate surface area is 133 Å². The Kier molecular flexibility index (Phi) is 4.97. The number of likely N-dealkylation sites (N-methyl/N-ethyl adjacent to an activating group) is 1. The summed E-state index contributed by atoms with van der Waals surface area (Å²) in [7, 11) is -2.03. The molecule has 1 heterocycles. The monoisotopic (exact) mass is 369 g/mol. The van der Waals surface area contributed by atoms with Crippen LogP contribution >= 0.6 is 15.9 Å². The number of nitrogen functional groups attached to an aromatic ring is 1. The van der Waals surface area contributed by atoms with E-state index in [1.165, 1.54) is 10.4 Å². The van der Waals surface area contributed by atoms with Crippen LogP contribution in [0.1, 0.15) is 5.69 Å². The van der Waals surface area contributed by atoms with Crippen LogP contribution in [0.4, 0.5) is 5.69 Å². The van der Waals surface area contributed by atoms with E-state index in [1.807, 2.05) is 18.2 Å². The smallest absolute Gasteiger partial charge is 0.244 e. The summed E-state index contributed by atoms with van der Waals surface area (Å²) in [6.07, 6.45) is 2.24. The first-order valence-corrected chi connectivity index (χ1v) is 8.56. The Bertz CT molecular complexity index is 720. The van der Waals surface area contributed by atoms with Gasteiger partial charge in [0.25, 0.3) is 0 Å². The lowest BCUT2D eigenvalue weighted by molar-refractivity contribution is 0.470. The fourth-order valence-electron chi connectivity index (χ4n) is 1.82. The average molecular weight is 370 g/mol. The minimum atomic E-state index is -3.58. The molecule has 0 aliphatic carbocycles. The lowest BCUT2D eigenvalue weighted by Crippen LogP contribution is -2.29. The van der Waals surface area contributed by atoms with Gasteiger partial charge < -0.3 is 5.73 Å². The summed E-state index contributed by atoms with van der Waals surface area (Å²) in [4.78, 5) is 4.36. The van der Waals surface area contributed by atoms with Crippen LogP contribution in [0.15, 0.2) is 52.0 Å². The van der Waals surface area contributed by atoms with E-state index in [1.54, 1.807) is 25.4 Å². The van der Waals surface area contributed by atoms with Gasteiger partial charge >= 0.3 is 0 Å². The van der Waals surface area contributed by atoms with Crippen molar-refractivity contribution in [2.24, 2.45) is 0 Å². The third-order valence-electron chi connectivity index (χ3n) is 3.05. The van der Waals surface area contributed by atoms with Crippen molar-refractivity contribution >= 4 is 31.6 Å². The van der Waals surface area contributed by atoms with E-state index in [0.29, 0.717) is 23.1 Å². The van der Waals surface area contributed by atoms with Gasteiger partial charge in [0.05, 0.1) is 4.90 Å². The van der Waals surface area contributed by atoms with Gasteiger partial charge in [0.1, 0.15) is 0 Å². The maximum absolute atomic E-state index is 12.5. The Morgan fingerprint density at radius 3 is 2.71 bits per heavy atom. The van der Waals surface area contributed by atoms with Crippen molar-refractivity contribution in [1.82, 2.24) is 9.29 Å². The van der Waals surface area contributed by atoms with Gasteiger partial charge in [-0.1, -0.05) is 6.07 Å². The number of hydrogen-bond donors (Lipinski definition) is 1. The SMILES string of the molecule is CN(CCc1ccccn1)S(=O)(=O)c1cc(N)ccc1Br. The van der Waals surface area contributed by atoms with Crippen LogP contribution in [-0.4, -0.2) is 31.3 Å². The number of benzene rings is 1. The van der Waals surface area contributed by atoms with Crippen molar-refractivity contribution in [2.45, 2.75) is 11.3 Å². The second kappa shape index (κ2) is 6.55. The Morgan fingerprint density at radius 1 is 1.29 bits per heavy atom. The molecule has 0 saturated heterocycles. The van der Waals surface area contributed by atoms with Crippen molar-refractivity contribution in [1.29, 1.82) is 0 Å². The van der Waals surface area contributed by atoms with Crippen LogP contribution in [0.5, 0.6) is 0 Å². The van der Waals surface area contributed by atoms with E-state index in [9.17, 15) is 8.42 Å². The molecule has 0 unspecified atom stereocenters. The van der Waals surface area contributed by atoms with Crippen LogP contribution < -0.4 is 5.73 Å². The molecular formula is C14H16BrN3O2S. The molecule has 0 amide bonds. The molecule has 2 aromatic rings. The first kappa shape index (κ1) is 15.9. The first-order valence-electron chi connectivity index (χ1n) is 6.32. The van der Waals surface area contributed by atoms with Crippen molar-refractivity contribution in [2.75, 3.05) is 19.3 Å². The van der Waals surface area contributed by atoms with Crippen molar-refractivity contribution in [3.8, 4) is 0 Å². The highest BCUT2D eigenvalue weighted by molar-refractivity contribution is 9.10. The average Bonchev–Trinajstić information content (AvgIpc) is 2.48. The molecular weight excluding hydrogens is 354 g/mol. The number of halogens is 1. The van der Waals surface area contributed by atoms with E-state index >= 15 is 0 Å². The molecule has 0 radical (unpaired) electrons. The zero-order valence-electron chi connectivity index (χ0n) is 11.5. The van der Waals surface area contributed by atoms with E-state index in [0.717, 1.165) is 5.69 Å². The molecule has 0 aliphatic heterocycles. The molecule has 0 spiro atoms. The van der Waals surface area contributed by atoms with Gasteiger partial charge in [-0.05, 0) is 46.3 Å². The zero-order valence-corrected chi connectivity index (χ0v) is 13.9. The number of nitrogens with two attached hydrogens (primary N) is 1. The fourth-order valence-corrected chi connectivity index (χ4v) is 3.95. The van der Waals surface area contributed by atoms with Gasteiger partial charge in [-0.15, -0.1) is 0 Å². The van der Waals surface area contributed by atoms with Crippen LogP contribution in [0.3, 0.4) is 0 Å². The minimum Gasteiger partial charge on any atom is -0.399 e. The third kappa shape index (κ3) is 3.81. The van der Waals surface area contributed by atoms with Crippen molar-refractivity contribution in [3.05, 3.63) is 52.8 Å². The fraction of sp³-hybridized carbons (Fsp3) is 0.214.